The smallest absolute Gasteiger partial charge is 0.386 e. The third-order valence-electron chi connectivity index (χ3n) is 8.44. The van der Waals surface area contributed by atoms with Crippen molar-refractivity contribution in [1.29, 1.82) is 0 Å². The number of carbonyl (C=O) groups excluding carboxylic acids is 3. The van der Waals surface area contributed by atoms with Gasteiger partial charge in [0.05, 0.1) is 19.5 Å². The molecule has 0 aliphatic carbocycles. The molecule has 1 fully saturated rings. The van der Waals surface area contributed by atoms with Gasteiger partial charge in [-0.25, -0.2) is 28.6 Å². The van der Waals surface area contributed by atoms with E-state index in [-0.39, 0.29) is 41.6 Å². The Morgan fingerprint density at radius 3 is 2.43 bits per heavy atom. The van der Waals surface area contributed by atoms with Crippen molar-refractivity contribution in [3.63, 3.8) is 0 Å². The van der Waals surface area contributed by atoms with E-state index in [1.54, 1.807) is 0 Å². The maximum Gasteiger partial charge on any atom is 0.481 e. The number of anilines is 1. The van der Waals surface area contributed by atoms with Gasteiger partial charge in [0.25, 0.3) is 0 Å². The molecule has 1 aliphatic heterocycles. The number of ether oxygens (including phenoxy) is 1. The zero-order valence-electron chi connectivity index (χ0n) is 32.9. The van der Waals surface area contributed by atoms with E-state index in [0.29, 0.717) is 12.2 Å². The number of nitrogens with zero attached hydrogens (tertiary/aromatic N) is 4. The summed E-state index contributed by atoms with van der Waals surface area (Å²) in [6.45, 7) is 2.49. The molecule has 10 N–H and O–H groups in total. The number of amides is 2. The number of allylic oxidation sites excluding steroid dienone is 4. The number of nitrogen functional groups attached to an aromatic ring is 1. The summed E-state index contributed by atoms with van der Waals surface area (Å²) in [5.74, 6) is -1.07. The van der Waals surface area contributed by atoms with Crippen molar-refractivity contribution in [2.24, 2.45) is 5.41 Å². The van der Waals surface area contributed by atoms with Gasteiger partial charge in [0.15, 0.2) is 22.8 Å². The van der Waals surface area contributed by atoms with E-state index in [1.165, 1.54) is 13.8 Å². The minimum Gasteiger partial charge on any atom is -0.386 e. The molecule has 0 spiro atoms. The first-order chi connectivity index (χ1) is 28.1. The highest BCUT2D eigenvalue weighted by molar-refractivity contribution is 8.13. The van der Waals surface area contributed by atoms with Crippen molar-refractivity contribution >= 4 is 69.1 Å². The van der Waals surface area contributed by atoms with Crippen LogP contribution in [0.4, 0.5) is 5.82 Å². The molecule has 3 heterocycles. The lowest BCUT2D eigenvalue weighted by Gasteiger charge is -2.30. The van der Waals surface area contributed by atoms with Crippen LogP contribution in [0.2, 0.25) is 0 Å². The molecule has 60 heavy (non-hydrogen) atoms. The molecule has 24 nitrogen and oxygen atoms in total. The van der Waals surface area contributed by atoms with E-state index in [9.17, 15) is 57.9 Å². The van der Waals surface area contributed by atoms with Gasteiger partial charge in [0, 0.05) is 37.1 Å². The summed E-state index contributed by atoms with van der Waals surface area (Å²) in [5.41, 5.74) is 4.27. The van der Waals surface area contributed by atoms with Gasteiger partial charge in [0.2, 0.25) is 11.8 Å². The molecule has 2 amide bonds. The van der Waals surface area contributed by atoms with Crippen molar-refractivity contribution in [2.45, 2.75) is 89.9 Å². The summed E-state index contributed by atoms with van der Waals surface area (Å²) in [6, 6.07) is 0. The number of rotatable bonds is 26. The van der Waals surface area contributed by atoms with Crippen molar-refractivity contribution in [2.75, 3.05) is 37.8 Å². The van der Waals surface area contributed by atoms with E-state index >= 15 is 0 Å². The average Bonchev–Trinajstić information content (AvgIpc) is 3.72. The number of fused-ring (bicyclic) bond motifs is 1. The third-order valence-corrected chi connectivity index (χ3v) is 12.5. The molecule has 0 radical (unpaired) electrons. The minimum absolute atomic E-state index is 0.0269. The van der Waals surface area contributed by atoms with Gasteiger partial charge in [-0.15, -0.1) is 0 Å². The van der Waals surface area contributed by atoms with E-state index in [4.69, 9.17) is 19.5 Å². The fourth-order valence-electron chi connectivity index (χ4n) is 5.33. The Balaban J connectivity index is 1.41. The number of hydrogen-bond donors (Lipinski definition) is 9. The quantitative estimate of drug-likeness (QED) is 0.0368. The van der Waals surface area contributed by atoms with Gasteiger partial charge in [0.1, 0.15) is 36.3 Å². The van der Waals surface area contributed by atoms with Crippen LogP contribution in [0.3, 0.4) is 0 Å². The summed E-state index contributed by atoms with van der Waals surface area (Å²) < 4.78 is 62.2. The Kier molecular flexibility index (Phi) is 20.1. The number of unbranched alkanes of at least 4 members (excludes halogenated alkanes) is 2. The number of thioether (sulfide) groups is 1. The molecule has 7 unspecified atom stereocenters. The highest BCUT2D eigenvalue weighted by Gasteiger charge is 2.50. The number of carbonyl (C=O) groups is 3. The lowest BCUT2D eigenvalue weighted by molar-refractivity contribution is -0.137. The van der Waals surface area contributed by atoms with Crippen molar-refractivity contribution < 1.29 is 80.5 Å². The molecule has 0 bridgehead atoms. The van der Waals surface area contributed by atoms with Gasteiger partial charge in [-0.2, -0.15) is 4.31 Å². The van der Waals surface area contributed by atoms with Gasteiger partial charge < -0.3 is 50.9 Å². The number of aromatic nitrogens is 4. The Labute approximate surface area is 349 Å². The largest absolute Gasteiger partial charge is 0.481 e. The number of aliphatic hydroxyl groups is 2. The molecule has 338 valence electrons. The van der Waals surface area contributed by atoms with E-state index < -0.39 is 84.6 Å². The van der Waals surface area contributed by atoms with Crippen LogP contribution in [0, 0.1) is 5.41 Å². The van der Waals surface area contributed by atoms with E-state index in [0.717, 1.165) is 54.7 Å². The zero-order valence-corrected chi connectivity index (χ0v) is 36.4. The summed E-state index contributed by atoms with van der Waals surface area (Å²) >= 11 is 1.12. The van der Waals surface area contributed by atoms with Gasteiger partial charge in [-0.05, 0) is 32.6 Å². The van der Waals surface area contributed by atoms with Crippen LogP contribution in [-0.4, -0.2) is 123 Å². The number of aliphatic hydroxyl groups excluding tert-OH is 2. The minimum atomic E-state index is -5.57. The van der Waals surface area contributed by atoms with E-state index in [1.807, 2.05) is 19.1 Å². The number of phosphoric acid groups is 3. The second-order valence-corrected chi connectivity index (χ2v) is 19.2. The standard InChI is InChI=1S/C32H52N7O17P3S/c1-4-5-6-7-8-9-10-11-12-23(41)60-16-15-34-22(40)13-14-35-30(44)27(43)32(2,3)18-53-59(50,51)56-58(48,49)52-17-21-26(55-57(45,46)47)25(42)31(54-21)39-20-38-24-28(33)36-19-37-29(24)39/h4-5,7-8,19-21,25-27,31,42-43H,6,9-18H2,1-3H3,(H,34,40)(H,35,44)(H,48,49)(H,50,51)(H2,33,36,37)(H2,45,46,47)/b5-4+,8-7+. The summed E-state index contributed by atoms with van der Waals surface area (Å²) in [4.78, 5) is 87.9. The summed E-state index contributed by atoms with van der Waals surface area (Å²) in [7, 11) is -16.4. The average molecular weight is 932 g/mol. The highest BCUT2D eigenvalue weighted by Crippen LogP contribution is 2.61. The Morgan fingerprint density at radius 2 is 1.73 bits per heavy atom. The fraction of sp³-hybridized carbons (Fsp3) is 0.625. The van der Waals surface area contributed by atoms with E-state index in [2.05, 4.69) is 46.6 Å². The normalized spacial score (nSPS) is 21.3. The predicted molar refractivity (Wildman–Crippen MR) is 214 cm³/mol. The number of nitrogens with one attached hydrogen (secondary N) is 2. The molecule has 1 aliphatic rings. The molecule has 2 aromatic rings. The Hall–Kier alpha value is -2.96. The summed E-state index contributed by atoms with van der Waals surface area (Å²) in [5, 5.41) is 26.5. The van der Waals surface area contributed by atoms with Gasteiger partial charge in [-0.1, -0.05) is 49.9 Å². The first-order valence-corrected chi connectivity index (χ1v) is 23.9. The van der Waals surface area contributed by atoms with Crippen LogP contribution >= 0.6 is 35.2 Å². The molecule has 7 atom stereocenters. The summed E-state index contributed by atoms with van der Waals surface area (Å²) in [6.07, 6.45) is 5.18. The first kappa shape index (κ1) is 51.4. The van der Waals surface area contributed by atoms with Crippen LogP contribution in [0.1, 0.15) is 65.5 Å². The monoisotopic (exact) mass is 931 g/mol. The molecular formula is C32H52N7O17P3S. The van der Waals surface area contributed by atoms with Crippen LogP contribution in [0.15, 0.2) is 37.0 Å². The number of nitrogens with two attached hydrogens (primary N) is 1. The number of hydrogen-bond acceptors (Lipinski definition) is 18. The molecule has 2 aromatic heterocycles. The van der Waals surface area contributed by atoms with Crippen LogP contribution in [0.5, 0.6) is 0 Å². The van der Waals surface area contributed by atoms with Gasteiger partial charge >= 0.3 is 23.5 Å². The Morgan fingerprint density at radius 1 is 1.02 bits per heavy atom. The highest BCUT2D eigenvalue weighted by atomic mass is 32.2. The maximum atomic E-state index is 12.7. The molecular weight excluding hydrogens is 879 g/mol. The predicted octanol–water partition coefficient (Wildman–Crippen LogP) is 1.75. The fourth-order valence-corrected chi connectivity index (χ4v) is 8.88. The van der Waals surface area contributed by atoms with Crippen molar-refractivity contribution in [3.8, 4) is 0 Å². The zero-order chi connectivity index (χ0) is 44.7. The molecule has 0 saturated carbocycles. The second-order valence-electron chi connectivity index (χ2n) is 13.8. The third kappa shape index (κ3) is 17.1. The molecule has 0 aromatic carbocycles. The van der Waals surface area contributed by atoms with Crippen LogP contribution in [0.25, 0.3) is 11.2 Å². The van der Waals surface area contributed by atoms with Gasteiger partial charge in [-0.3, -0.25) is 32.5 Å². The van der Waals surface area contributed by atoms with Crippen LogP contribution in [-0.2, 0) is 50.7 Å². The lowest BCUT2D eigenvalue weighted by Crippen LogP contribution is -2.46. The second kappa shape index (κ2) is 23.5. The first-order valence-electron chi connectivity index (χ1n) is 18.4. The van der Waals surface area contributed by atoms with Crippen molar-refractivity contribution in [1.82, 2.24) is 30.2 Å². The topological polar surface area (TPSA) is 364 Å². The number of imidazole rings is 1. The molecule has 1 saturated heterocycles. The maximum absolute atomic E-state index is 12.7. The van der Waals surface area contributed by atoms with Crippen LogP contribution < -0.4 is 16.4 Å². The molecule has 3 rings (SSSR count). The SMILES string of the molecule is C/C=C/C/C=C/CCCCC(=O)SCCNC(=O)CCNC(=O)C(O)C(C)(C)COP(=O)(O)OP(=O)(O)OCC1OC(n2cnc3c(N)ncnc32)C(O)C1OP(=O)(O)O. The van der Waals surface area contributed by atoms with Crippen molar-refractivity contribution in [3.05, 3.63) is 37.0 Å². The molecule has 28 heteroatoms. The lowest BCUT2D eigenvalue weighted by atomic mass is 9.87. The Bertz CT molecular complexity index is 1960. The number of phosphoric ester groups is 3.